The number of rotatable bonds is 3. The topological polar surface area (TPSA) is 53.4 Å². The molecule has 2 unspecified atom stereocenters. The highest BCUT2D eigenvalue weighted by molar-refractivity contribution is 5.85. The Bertz CT molecular complexity index is 468. The molecule has 0 saturated carbocycles. The number of hydrogen-bond acceptors (Lipinski definition) is 3. The molecule has 1 saturated heterocycles. The van der Waals surface area contributed by atoms with Gasteiger partial charge in [-0.05, 0) is 49.5 Å². The molecule has 19 heavy (non-hydrogen) atoms. The molecule has 102 valence electrons. The summed E-state index contributed by atoms with van der Waals surface area (Å²) in [4.78, 5) is 17.2. The average Bonchev–Trinajstić information content (AvgIpc) is 2.40. The Morgan fingerprint density at radius 3 is 2.84 bits per heavy atom. The van der Waals surface area contributed by atoms with Crippen LogP contribution in [-0.2, 0) is 4.79 Å². The maximum Gasteiger partial charge on any atom is 0.328 e. The van der Waals surface area contributed by atoms with Gasteiger partial charge in [0.1, 0.15) is 5.82 Å². The summed E-state index contributed by atoms with van der Waals surface area (Å²) in [5.41, 5.74) is 0.809. The predicted octanol–water partition coefficient (Wildman–Crippen LogP) is 2.80. The van der Waals surface area contributed by atoms with E-state index < -0.39 is 5.97 Å². The summed E-state index contributed by atoms with van der Waals surface area (Å²) in [7, 11) is 0. The summed E-state index contributed by atoms with van der Waals surface area (Å²) in [6.45, 7) is 5.53. The van der Waals surface area contributed by atoms with Gasteiger partial charge >= 0.3 is 5.97 Å². The summed E-state index contributed by atoms with van der Waals surface area (Å²) in [6, 6.07) is 4.40. The molecule has 1 fully saturated rings. The molecule has 1 N–H and O–H groups in total. The van der Waals surface area contributed by atoms with Crippen molar-refractivity contribution in [3.05, 3.63) is 30.0 Å². The minimum absolute atomic E-state index is 0.518. The number of carbonyl (C=O) groups is 1. The smallest absolute Gasteiger partial charge is 0.328 e. The monoisotopic (exact) mass is 260 g/mol. The molecule has 1 aromatic rings. The van der Waals surface area contributed by atoms with Crippen LogP contribution in [-0.4, -0.2) is 28.6 Å². The molecule has 0 aliphatic carbocycles. The van der Waals surface area contributed by atoms with Gasteiger partial charge < -0.3 is 10.0 Å². The lowest BCUT2D eigenvalue weighted by Gasteiger charge is -2.37. The van der Waals surface area contributed by atoms with Gasteiger partial charge in [0.15, 0.2) is 0 Å². The van der Waals surface area contributed by atoms with Crippen molar-refractivity contribution >= 4 is 17.9 Å². The van der Waals surface area contributed by atoms with Crippen LogP contribution in [0.15, 0.2) is 24.4 Å². The van der Waals surface area contributed by atoms with Crippen LogP contribution in [0, 0.1) is 5.92 Å². The molecule has 4 nitrogen and oxygen atoms in total. The summed E-state index contributed by atoms with van der Waals surface area (Å²) in [5.74, 6) is 0.735. The van der Waals surface area contributed by atoms with Crippen molar-refractivity contribution in [2.24, 2.45) is 5.92 Å². The lowest BCUT2D eigenvalue weighted by Crippen LogP contribution is -2.41. The highest BCUT2D eigenvalue weighted by Crippen LogP contribution is 2.26. The second-order valence-corrected chi connectivity index (χ2v) is 5.31. The number of nitrogens with zero attached hydrogens (tertiary/aromatic N) is 2. The number of carboxylic acids is 1. The van der Waals surface area contributed by atoms with Crippen LogP contribution >= 0.6 is 0 Å². The standard InChI is InChI=1S/C15H20N2O2/c1-11-3-4-12(2)17(10-11)14-7-5-13(9-16-14)6-8-15(18)19/h5-9,11-12H,3-4,10H2,1-2H3,(H,18,19)/b8-6+. The van der Waals surface area contributed by atoms with Crippen LogP contribution in [0.5, 0.6) is 0 Å². The third-order valence-corrected chi connectivity index (χ3v) is 3.60. The quantitative estimate of drug-likeness (QED) is 0.849. The lowest BCUT2D eigenvalue weighted by atomic mass is 9.95. The van der Waals surface area contributed by atoms with Crippen molar-refractivity contribution in [2.45, 2.75) is 32.7 Å². The largest absolute Gasteiger partial charge is 0.478 e. The first kappa shape index (κ1) is 13.6. The number of aromatic nitrogens is 1. The first-order valence-electron chi connectivity index (χ1n) is 6.70. The van der Waals surface area contributed by atoms with E-state index in [1.807, 2.05) is 12.1 Å². The third-order valence-electron chi connectivity index (χ3n) is 3.60. The van der Waals surface area contributed by atoms with Crippen LogP contribution in [0.25, 0.3) is 6.08 Å². The fourth-order valence-electron chi connectivity index (χ4n) is 2.44. The number of pyridine rings is 1. The van der Waals surface area contributed by atoms with E-state index in [1.54, 1.807) is 12.3 Å². The Morgan fingerprint density at radius 1 is 1.42 bits per heavy atom. The van der Waals surface area contributed by atoms with E-state index in [2.05, 4.69) is 23.7 Å². The van der Waals surface area contributed by atoms with Gasteiger partial charge in [0.2, 0.25) is 0 Å². The first-order valence-corrected chi connectivity index (χ1v) is 6.70. The van der Waals surface area contributed by atoms with Crippen LogP contribution in [0.1, 0.15) is 32.3 Å². The minimum Gasteiger partial charge on any atom is -0.478 e. The normalized spacial score (nSPS) is 23.8. The van der Waals surface area contributed by atoms with E-state index in [-0.39, 0.29) is 0 Å². The molecule has 1 aromatic heterocycles. The average molecular weight is 260 g/mol. The van der Waals surface area contributed by atoms with Gasteiger partial charge in [-0.1, -0.05) is 6.92 Å². The molecule has 1 aliphatic heterocycles. The van der Waals surface area contributed by atoms with Gasteiger partial charge in [-0.25, -0.2) is 9.78 Å². The van der Waals surface area contributed by atoms with E-state index in [9.17, 15) is 4.79 Å². The molecule has 0 spiro atoms. The number of aliphatic carboxylic acids is 1. The summed E-state index contributed by atoms with van der Waals surface area (Å²) < 4.78 is 0. The van der Waals surface area contributed by atoms with Crippen molar-refractivity contribution in [1.82, 2.24) is 4.98 Å². The number of anilines is 1. The molecule has 0 aromatic carbocycles. The van der Waals surface area contributed by atoms with E-state index in [4.69, 9.17) is 5.11 Å². The fraction of sp³-hybridized carbons (Fsp3) is 0.467. The van der Waals surface area contributed by atoms with E-state index in [1.165, 1.54) is 12.8 Å². The fourth-order valence-corrected chi connectivity index (χ4v) is 2.44. The summed E-state index contributed by atoms with van der Waals surface area (Å²) >= 11 is 0. The zero-order valence-electron chi connectivity index (χ0n) is 11.4. The van der Waals surface area contributed by atoms with E-state index in [0.717, 1.165) is 24.0 Å². The molecule has 0 amide bonds. The number of piperidine rings is 1. The molecule has 2 heterocycles. The molecule has 2 rings (SSSR count). The van der Waals surface area contributed by atoms with E-state index in [0.29, 0.717) is 12.0 Å². The van der Waals surface area contributed by atoms with Crippen LogP contribution < -0.4 is 4.90 Å². The lowest BCUT2D eigenvalue weighted by molar-refractivity contribution is -0.131. The molecular weight excluding hydrogens is 240 g/mol. The van der Waals surface area contributed by atoms with Crippen molar-refractivity contribution in [1.29, 1.82) is 0 Å². The van der Waals surface area contributed by atoms with Gasteiger partial charge in [0.05, 0.1) is 0 Å². The van der Waals surface area contributed by atoms with Crippen molar-refractivity contribution in [3.8, 4) is 0 Å². The Balaban J connectivity index is 2.11. The van der Waals surface area contributed by atoms with Gasteiger partial charge in [0, 0.05) is 24.9 Å². The highest BCUT2D eigenvalue weighted by Gasteiger charge is 2.23. The Morgan fingerprint density at radius 2 is 2.21 bits per heavy atom. The van der Waals surface area contributed by atoms with Crippen molar-refractivity contribution in [2.75, 3.05) is 11.4 Å². The molecule has 1 aliphatic rings. The number of carboxylic acid groups (broad SMARTS) is 1. The third kappa shape index (κ3) is 3.56. The van der Waals surface area contributed by atoms with Crippen LogP contribution in [0.2, 0.25) is 0 Å². The molecule has 0 bridgehead atoms. The summed E-state index contributed by atoms with van der Waals surface area (Å²) in [5, 5.41) is 8.58. The van der Waals surface area contributed by atoms with E-state index >= 15 is 0 Å². The zero-order chi connectivity index (χ0) is 13.8. The van der Waals surface area contributed by atoms with Gasteiger partial charge in [-0.2, -0.15) is 0 Å². The highest BCUT2D eigenvalue weighted by atomic mass is 16.4. The number of hydrogen-bond donors (Lipinski definition) is 1. The van der Waals surface area contributed by atoms with Gasteiger partial charge in [0.25, 0.3) is 0 Å². The van der Waals surface area contributed by atoms with Gasteiger partial charge in [-0.3, -0.25) is 0 Å². The zero-order valence-corrected chi connectivity index (χ0v) is 11.4. The molecular formula is C15H20N2O2. The predicted molar refractivity (Wildman–Crippen MR) is 76.1 cm³/mol. The Hall–Kier alpha value is -1.84. The molecule has 2 atom stereocenters. The van der Waals surface area contributed by atoms with Gasteiger partial charge in [-0.15, -0.1) is 0 Å². The van der Waals surface area contributed by atoms with Crippen molar-refractivity contribution in [3.63, 3.8) is 0 Å². The van der Waals surface area contributed by atoms with Crippen LogP contribution in [0.4, 0.5) is 5.82 Å². The summed E-state index contributed by atoms with van der Waals surface area (Å²) in [6.07, 6.45) is 6.88. The molecule has 0 radical (unpaired) electrons. The second kappa shape index (κ2) is 5.87. The SMILES string of the molecule is CC1CCC(C)N(c2ccc(/C=C/C(=O)O)cn2)C1. The van der Waals surface area contributed by atoms with Crippen molar-refractivity contribution < 1.29 is 9.90 Å². The minimum atomic E-state index is -0.942. The Kier molecular flexibility index (Phi) is 4.20. The van der Waals surface area contributed by atoms with Crippen LogP contribution in [0.3, 0.4) is 0 Å². The first-order chi connectivity index (χ1) is 9.06. The Labute approximate surface area is 113 Å². The second-order valence-electron chi connectivity index (χ2n) is 5.31. The molecule has 4 heteroatoms. The maximum absolute atomic E-state index is 10.5. The maximum atomic E-state index is 10.5.